The van der Waals surface area contributed by atoms with Gasteiger partial charge < -0.3 is 9.47 Å². The van der Waals surface area contributed by atoms with Gasteiger partial charge in [-0.15, -0.1) is 0 Å². The molecule has 2 heteroatoms. The van der Waals surface area contributed by atoms with Crippen LogP contribution < -0.4 is 4.90 Å². The van der Waals surface area contributed by atoms with Crippen LogP contribution in [-0.2, 0) is 27.1 Å². The van der Waals surface area contributed by atoms with Crippen molar-refractivity contribution in [2.45, 2.75) is 131 Å². The van der Waals surface area contributed by atoms with Gasteiger partial charge in [0.25, 0.3) is 0 Å². The monoisotopic (exact) mass is 967 g/mol. The van der Waals surface area contributed by atoms with Gasteiger partial charge in [0.2, 0.25) is 0 Å². The molecule has 0 atom stereocenters. The van der Waals surface area contributed by atoms with E-state index in [9.17, 15) is 0 Å². The molecule has 2 nitrogen and oxygen atoms in total. The Morgan fingerprint density at radius 1 is 0.297 bits per heavy atom. The van der Waals surface area contributed by atoms with E-state index in [0.717, 1.165) is 5.69 Å². The molecule has 0 unspecified atom stereocenters. The Morgan fingerprint density at radius 2 is 0.743 bits per heavy atom. The largest absolute Gasteiger partial charge is 0.310 e. The molecule has 0 spiro atoms. The average molecular weight is 967 g/mol. The van der Waals surface area contributed by atoms with E-state index >= 15 is 0 Å². The lowest BCUT2D eigenvalue weighted by atomic mass is 9.80. The number of hydrogen-bond acceptors (Lipinski definition) is 1. The summed E-state index contributed by atoms with van der Waals surface area (Å²) in [6, 6.07) is 67.9. The Kier molecular flexibility index (Phi) is 11.4. The predicted molar refractivity (Wildman–Crippen MR) is 324 cm³/mol. The Bertz CT molecular complexity index is 3850. The van der Waals surface area contributed by atoms with Crippen LogP contribution in [0.15, 0.2) is 176 Å². The van der Waals surface area contributed by atoms with E-state index in [1.807, 2.05) is 0 Å². The summed E-state index contributed by atoms with van der Waals surface area (Å²) in [7, 11) is 0. The first kappa shape index (κ1) is 49.1. The van der Waals surface area contributed by atoms with Gasteiger partial charge in [-0.05, 0) is 165 Å². The second kappa shape index (κ2) is 17.2. The van der Waals surface area contributed by atoms with Crippen molar-refractivity contribution in [3.63, 3.8) is 0 Å². The van der Waals surface area contributed by atoms with E-state index in [0.29, 0.717) is 0 Å². The van der Waals surface area contributed by atoms with Gasteiger partial charge in [-0.1, -0.05) is 213 Å². The van der Waals surface area contributed by atoms with Gasteiger partial charge in [0.15, 0.2) is 0 Å². The summed E-state index contributed by atoms with van der Waals surface area (Å²) >= 11 is 0. The maximum Gasteiger partial charge on any atom is 0.0541 e. The molecule has 0 fully saturated rings. The van der Waals surface area contributed by atoms with Crippen LogP contribution in [0.4, 0.5) is 17.1 Å². The molecule has 0 aliphatic carbocycles. The van der Waals surface area contributed by atoms with Crippen LogP contribution in [0.1, 0.15) is 132 Å². The highest BCUT2D eigenvalue weighted by atomic mass is 15.1. The summed E-state index contributed by atoms with van der Waals surface area (Å²) in [5.41, 5.74) is 18.4. The minimum Gasteiger partial charge on any atom is -0.310 e. The van der Waals surface area contributed by atoms with Crippen molar-refractivity contribution < 1.29 is 0 Å². The average Bonchev–Trinajstić information content (AvgIpc) is 3.70. The van der Waals surface area contributed by atoms with Crippen molar-refractivity contribution in [2.24, 2.45) is 0 Å². The van der Waals surface area contributed by atoms with Crippen molar-refractivity contribution in [1.82, 2.24) is 4.57 Å². The highest BCUT2D eigenvalue weighted by molar-refractivity contribution is 6.27. The summed E-state index contributed by atoms with van der Waals surface area (Å²) in [4.78, 5) is 2.59. The van der Waals surface area contributed by atoms with Gasteiger partial charge >= 0.3 is 0 Å². The number of rotatable bonds is 6. The van der Waals surface area contributed by atoms with Crippen LogP contribution in [0, 0.1) is 0 Å². The summed E-state index contributed by atoms with van der Waals surface area (Å²) < 4.78 is 2.54. The van der Waals surface area contributed by atoms with E-state index < -0.39 is 0 Å². The Hall–Kier alpha value is -7.16. The number of nitrogens with zero attached hydrogens (tertiary/aromatic N) is 2. The molecule has 0 N–H and O–H groups in total. The van der Waals surface area contributed by atoms with Crippen molar-refractivity contribution in [1.29, 1.82) is 0 Å². The molecule has 372 valence electrons. The van der Waals surface area contributed by atoms with Gasteiger partial charge in [-0.25, -0.2) is 0 Å². The van der Waals surface area contributed by atoms with Crippen molar-refractivity contribution in [3.05, 3.63) is 204 Å². The van der Waals surface area contributed by atoms with Gasteiger partial charge in [0, 0.05) is 32.9 Å². The number of anilines is 3. The van der Waals surface area contributed by atoms with Crippen molar-refractivity contribution in [3.8, 4) is 27.9 Å². The summed E-state index contributed by atoms with van der Waals surface area (Å²) in [5.74, 6) is 0. The fourth-order valence-electron chi connectivity index (χ4n) is 11.3. The number of hydrogen-bond donors (Lipinski definition) is 0. The first-order chi connectivity index (χ1) is 34.8. The third-order valence-corrected chi connectivity index (χ3v) is 15.9. The predicted octanol–water partition coefficient (Wildman–Crippen LogP) is 21.0. The molecule has 0 saturated heterocycles. The molecule has 0 radical (unpaired) electrons. The molecule has 11 aromatic rings. The van der Waals surface area contributed by atoms with Crippen LogP contribution in [0.2, 0.25) is 0 Å². The highest BCUT2D eigenvalue weighted by Crippen LogP contribution is 2.49. The van der Waals surface area contributed by atoms with Gasteiger partial charge in [-0.2, -0.15) is 0 Å². The SMILES string of the molecule is CC(C)(C)c1cc(-c2cccc(-c3ccccc3)c2)cc(N(c2cc(C(C)(C)C)cc(C(C)(C)C)c2)c2ccc3ccc4c(-n5c6ccc(C(C)(C)C)cc6c6cc(C(C)(C)C)ccc65)ccc5ccc2c3c54)c1. The number of aromatic nitrogens is 1. The van der Waals surface area contributed by atoms with Crippen LogP contribution in [-0.4, -0.2) is 4.57 Å². The molecular weight excluding hydrogens is 893 g/mol. The maximum absolute atomic E-state index is 2.59. The van der Waals surface area contributed by atoms with E-state index in [1.54, 1.807) is 0 Å². The minimum absolute atomic E-state index is 0.0221. The third kappa shape index (κ3) is 8.64. The highest BCUT2D eigenvalue weighted by Gasteiger charge is 2.28. The van der Waals surface area contributed by atoms with Crippen LogP contribution in [0.5, 0.6) is 0 Å². The lowest BCUT2D eigenvalue weighted by Crippen LogP contribution is -2.20. The molecule has 0 aliphatic rings. The summed E-state index contributed by atoms with van der Waals surface area (Å²) in [6.07, 6.45) is 0. The second-order valence-electron chi connectivity index (χ2n) is 26.5. The van der Waals surface area contributed by atoms with Crippen LogP contribution >= 0.6 is 0 Å². The molecular formula is C72H74N2. The van der Waals surface area contributed by atoms with Crippen LogP contribution in [0.3, 0.4) is 0 Å². The van der Waals surface area contributed by atoms with Gasteiger partial charge in [0.1, 0.15) is 0 Å². The molecule has 11 rings (SSSR count). The summed E-state index contributed by atoms with van der Waals surface area (Å²) in [5, 5.41) is 10.2. The summed E-state index contributed by atoms with van der Waals surface area (Å²) in [6.45, 7) is 35.0. The minimum atomic E-state index is -0.119. The van der Waals surface area contributed by atoms with Crippen LogP contribution in [0.25, 0.3) is 82.1 Å². The fourth-order valence-corrected chi connectivity index (χ4v) is 11.3. The fraction of sp³-hybridized carbons (Fsp3) is 0.278. The lowest BCUT2D eigenvalue weighted by Gasteiger charge is -2.33. The quantitative estimate of drug-likeness (QED) is 0.151. The molecule has 74 heavy (non-hydrogen) atoms. The normalized spacial score (nSPS) is 13.1. The van der Waals surface area contributed by atoms with Crippen molar-refractivity contribution in [2.75, 3.05) is 4.90 Å². The second-order valence-corrected chi connectivity index (χ2v) is 26.5. The van der Waals surface area contributed by atoms with E-state index in [1.165, 1.54) is 121 Å². The standard InChI is InChI=1S/C72H74N2/c1-68(2,3)51-28-34-64-60(43-51)61-44-52(69(4,5)6)29-35-65(61)74(64)63-33-27-47-24-30-58-62(32-26-46-25-31-59(63)67(47)66(46)58)73(57-41-54(71(10,11)12)39-55(42-57)72(13,14)15)56-38-50(37-53(40-56)70(7,8)9)49-23-19-22-48(36-49)45-20-17-16-18-21-45/h16-44H,1-15H3. The molecule has 0 bridgehead atoms. The number of fused-ring (bicyclic) bond motifs is 3. The smallest absolute Gasteiger partial charge is 0.0541 e. The Balaban J connectivity index is 1.20. The van der Waals surface area contributed by atoms with E-state index in [2.05, 4.69) is 289 Å². The van der Waals surface area contributed by atoms with E-state index in [4.69, 9.17) is 0 Å². The van der Waals surface area contributed by atoms with Gasteiger partial charge in [0.05, 0.1) is 22.4 Å². The first-order valence-electron chi connectivity index (χ1n) is 26.9. The maximum atomic E-state index is 2.59. The van der Waals surface area contributed by atoms with E-state index in [-0.39, 0.29) is 27.1 Å². The first-order valence-corrected chi connectivity index (χ1v) is 26.9. The topological polar surface area (TPSA) is 8.17 Å². The van der Waals surface area contributed by atoms with Gasteiger partial charge in [-0.3, -0.25) is 0 Å². The molecule has 10 aromatic carbocycles. The molecule has 1 heterocycles. The zero-order valence-electron chi connectivity index (χ0n) is 46.6. The molecule has 1 aromatic heterocycles. The zero-order chi connectivity index (χ0) is 52.4. The lowest BCUT2D eigenvalue weighted by molar-refractivity contribution is 0.569. The molecule has 0 aliphatic heterocycles. The Labute approximate surface area is 441 Å². The van der Waals surface area contributed by atoms with Crippen molar-refractivity contribution >= 4 is 71.2 Å². The Morgan fingerprint density at radius 3 is 1.28 bits per heavy atom. The zero-order valence-corrected chi connectivity index (χ0v) is 46.6. The number of benzene rings is 10. The third-order valence-electron chi connectivity index (χ3n) is 15.9. The molecule has 0 amide bonds. The molecule has 0 saturated carbocycles.